The van der Waals surface area contributed by atoms with Crippen molar-refractivity contribution in [3.8, 4) is 5.75 Å². The van der Waals surface area contributed by atoms with Gasteiger partial charge in [-0.15, -0.1) is 0 Å². The van der Waals surface area contributed by atoms with Crippen molar-refractivity contribution >= 4 is 5.78 Å². The minimum Gasteiger partial charge on any atom is -0.493 e. The van der Waals surface area contributed by atoms with E-state index in [9.17, 15) is 4.79 Å². The molecule has 1 aromatic carbocycles. The highest BCUT2D eigenvalue weighted by atomic mass is 16.5. The molecule has 19 heavy (non-hydrogen) atoms. The van der Waals surface area contributed by atoms with Crippen molar-refractivity contribution in [2.75, 3.05) is 6.61 Å². The van der Waals surface area contributed by atoms with Gasteiger partial charge in [-0.25, -0.2) is 0 Å². The highest BCUT2D eigenvalue weighted by molar-refractivity contribution is 5.81. The first-order valence-corrected chi connectivity index (χ1v) is 7.37. The van der Waals surface area contributed by atoms with Gasteiger partial charge in [-0.05, 0) is 43.4 Å². The highest BCUT2D eigenvalue weighted by Crippen LogP contribution is 2.29. The molecule has 1 aromatic rings. The van der Waals surface area contributed by atoms with Crippen LogP contribution in [0.5, 0.6) is 5.75 Å². The number of hydrogen-bond donors (Lipinski definition) is 0. The largest absolute Gasteiger partial charge is 0.493 e. The maximum Gasteiger partial charge on any atom is 0.139 e. The van der Waals surface area contributed by atoms with Crippen molar-refractivity contribution in [1.82, 2.24) is 0 Å². The molecule has 1 aliphatic rings. The van der Waals surface area contributed by atoms with E-state index in [-0.39, 0.29) is 5.92 Å². The zero-order valence-corrected chi connectivity index (χ0v) is 12.0. The van der Waals surface area contributed by atoms with Crippen LogP contribution in [0.2, 0.25) is 0 Å². The topological polar surface area (TPSA) is 26.3 Å². The fourth-order valence-electron chi connectivity index (χ4n) is 2.76. The van der Waals surface area contributed by atoms with E-state index in [4.69, 9.17) is 4.74 Å². The zero-order chi connectivity index (χ0) is 13.7. The number of carbonyl (C=O) groups excluding carboxylic acids is 1. The molecule has 104 valence electrons. The number of hydrogen-bond acceptors (Lipinski definition) is 2. The van der Waals surface area contributed by atoms with Crippen LogP contribution in [0.4, 0.5) is 0 Å². The van der Waals surface area contributed by atoms with Crippen LogP contribution in [0.1, 0.15) is 44.6 Å². The van der Waals surface area contributed by atoms with Crippen LogP contribution in [-0.2, 0) is 4.79 Å². The third-order valence-electron chi connectivity index (χ3n) is 4.08. The summed E-state index contributed by atoms with van der Waals surface area (Å²) in [6, 6.07) is 7.97. The van der Waals surface area contributed by atoms with E-state index in [1.807, 2.05) is 31.2 Å². The third kappa shape index (κ3) is 4.38. The summed E-state index contributed by atoms with van der Waals surface area (Å²) in [5.41, 5.74) is 1.19. The zero-order valence-electron chi connectivity index (χ0n) is 12.0. The van der Waals surface area contributed by atoms with Gasteiger partial charge in [0.25, 0.3) is 0 Å². The smallest absolute Gasteiger partial charge is 0.139 e. The molecule has 1 fully saturated rings. The number of aryl methyl sites for hydroxylation is 1. The fraction of sp³-hybridized carbons (Fsp3) is 0.588. The lowest BCUT2D eigenvalue weighted by molar-refractivity contribution is -0.124. The second-order valence-electron chi connectivity index (χ2n) is 5.84. The van der Waals surface area contributed by atoms with Crippen molar-refractivity contribution in [2.45, 2.75) is 46.0 Å². The second kappa shape index (κ2) is 6.74. The molecule has 0 saturated heterocycles. The van der Waals surface area contributed by atoms with Crippen LogP contribution in [0.25, 0.3) is 0 Å². The van der Waals surface area contributed by atoms with Gasteiger partial charge in [0, 0.05) is 12.3 Å². The molecule has 2 nitrogen and oxygen atoms in total. The standard InChI is InChI=1S/C17H24O2/c1-13-6-8-15(9-7-13)17(18)10-11-19-16-5-3-4-14(2)12-16/h3-5,12-13,15H,6-11H2,1-2H3. The van der Waals surface area contributed by atoms with Crippen LogP contribution in [0.3, 0.4) is 0 Å². The van der Waals surface area contributed by atoms with Gasteiger partial charge >= 0.3 is 0 Å². The molecule has 0 N–H and O–H groups in total. The normalized spacial score (nSPS) is 23.1. The first-order valence-electron chi connectivity index (χ1n) is 7.37. The Labute approximate surface area is 116 Å². The van der Waals surface area contributed by atoms with Crippen molar-refractivity contribution in [3.05, 3.63) is 29.8 Å². The van der Waals surface area contributed by atoms with Gasteiger partial charge in [-0.2, -0.15) is 0 Å². The Morgan fingerprint density at radius 2 is 2.00 bits per heavy atom. The number of rotatable bonds is 5. The van der Waals surface area contributed by atoms with E-state index in [0.717, 1.165) is 24.5 Å². The molecule has 2 heteroatoms. The lowest BCUT2D eigenvalue weighted by Gasteiger charge is -2.25. The Morgan fingerprint density at radius 1 is 1.26 bits per heavy atom. The van der Waals surface area contributed by atoms with Gasteiger partial charge in [0.05, 0.1) is 6.61 Å². The van der Waals surface area contributed by atoms with Gasteiger partial charge in [0.2, 0.25) is 0 Å². The molecule has 0 amide bonds. The Hall–Kier alpha value is -1.31. The molecule has 0 aliphatic heterocycles. The maximum atomic E-state index is 12.1. The van der Waals surface area contributed by atoms with Crippen LogP contribution < -0.4 is 4.74 Å². The molecule has 0 heterocycles. The third-order valence-corrected chi connectivity index (χ3v) is 4.08. The van der Waals surface area contributed by atoms with Crippen LogP contribution in [-0.4, -0.2) is 12.4 Å². The van der Waals surface area contributed by atoms with Crippen LogP contribution >= 0.6 is 0 Å². The first-order chi connectivity index (χ1) is 9.15. The van der Waals surface area contributed by atoms with Crippen molar-refractivity contribution in [2.24, 2.45) is 11.8 Å². The number of benzene rings is 1. The molecule has 1 aliphatic carbocycles. The number of ketones is 1. The lowest BCUT2D eigenvalue weighted by Crippen LogP contribution is -2.22. The minimum absolute atomic E-state index is 0.289. The SMILES string of the molecule is Cc1cccc(OCCC(=O)C2CCC(C)CC2)c1. The second-order valence-corrected chi connectivity index (χ2v) is 5.84. The molecule has 0 spiro atoms. The van der Waals surface area contributed by atoms with Crippen molar-refractivity contribution < 1.29 is 9.53 Å². The van der Waals surface area contributed by atoms with E-state index in [2.05, 4.69) is 6.92 Å². The van der Waals surface area contributed by atoms with Crippen molar-refractivity contribution in [1.29, 1.82) is 0 Å². The number of carbonyl (C=O) groups is 1. The molecular formula is C17H24O2. The Kier molecular flexibility index (Phi) is 5.00. The van der Waals surface area contributed by atoms with E-state index in [1.165, 1.54) is 18.4 Å². The summed E-state index contributed by atoms with van der Waals surface area (Å²) in [4.78, 5) is 12.1. The van der Waals surface area contributed by atoms with E-state index >= 15 is 0 Å². The van der Waals surface area contributed by atoms with Crippen LogP contribution in [0, 0.1) is 18.8 Å². The molecule has 0 atom stereocenters. The number of ether oxygens (including phenoxy) is 1. The first kappa shape index (κ1) is 14.1. The highest BCUT2D eigenvalue weighted by Gasteiger charge is 2.23. The minimum atomic E-state index is 0.289. The van der Waals surface area contributed by atoms with Crippen molar-refractivity contribution in [3.63, 3.8) is 0 Å². The monoisotopic (exact) mass is 260 g/mol. The molecule has 0 radical (unpaired) electrons. The average Bonchev–Trinajstić information content (AvgIpc) is 2.39. The summed E-state index contributed by atoms with van der Waals surface area (Å²) in [7, 11) is 0. The van der Waals surface area contributed by atoms with Gasteiger partial charge in [0.15, 0.2) is 0 Å². The molecule has 1 saturated carbocycles. The summed E-state index contributed by atoms with van der Waals surface area (Å²) >= 11 is 0. The summed E-state index contributed by atoms with van der Waals surface area (Å²) in [5, 5.41) is 0. The molecule has 0 unspecified atom stereocenters. The molecule has 2 rings (SSSR count). The van der Waals surface area contributed by atoms with Gasteiger partial charge < -0.3 is 4.74 Å². The van der Waals surface area contributed by atoms with Crippen LogP contribution in [0.15, 0.2) is 24.3 Å². The van der Waals surface area contributed by atoms with E-state index < -0.39 is 0 Å². The predicted octanol–water partition coefficient (Wildman–Crippen LogP) is 4.16. The lowest BCUT2D eigenvalue weighted by atomic mass is 9.80. The number of Topliss-reactive ketones (excluding diaryl/α,β-unsaturated/α-hetero) is 1. The summed E-state index contributed by atoms with van der Waals surface area (Å²) in [5.74, 6) is 2.34. The van der Waals surface area contributed by atoms with E-state index in [0.29, 0.717) is 18.8 Å². The Bertz CT molecular complexity index is 417. The summed E-state index contributed by atoms with van der Waals surface area (Å²) < 4.78 is 5.65. The van der Waals surface area contributed by atoms with E-state index in [1.54, 1.807) is 0 Å². The fourth-order valence-corrected chi connectivity index (χ4v) is 2.76. The Balaban J connectivity index is 1.72. The van der Waals surface area contributed by atoms with Gasteiger partial charge in [-0.1, -0.05) is 31.9 Å². The molecule has 0 aromatic heterocycles. The molecular weight excluding hydrogens is 236 g/mol. The van der Waals surface area contributed by atoms with Gasteiger partial charge in [-0.3, -0.25) is 4.79 Å². The predicted molar refractivity (Wildman–Crippen MR) is 77.4 cm³/mol. The maximum absolute atomic E-state index is 12.1. The Morgan fingerprint density at radius 3 is 2.68 bits per heavy atom. The van der Waals surface area contributed by atoms with Gasteiger partial charge in [0.1, 0.15) is 11.5 Å². The quantitative estimate of drug-likeness (QED) is 0.794. The average molecular weight is 260 g/mol. The summed E-state index contributed by atoms with van der Waals surface area (Å²) in [6.45, 7) is 4.83. The molecule has 0 bridgehead atoms. The summed E-state index contributed by atoms with van der Waals surface area (Å²) in [6.07, 6.45) is 5.10.